The van der Waals surface area contributed by atoms with Crippen molar-refractivity contribution in [3.05, 3.63) is 0 Å². The number of carbonyl (C=O) groups is 1. The summed E-state index contributed by atoms with van der Waals surface area (Å²) >= 11 is 1.64. The van der Waals surface area contributed by atoms with Gasteiger partial charge < -0.3 is 11.1 Å². The largest absolute Gasteiger partial charge is 0.352 e. The number of nitrogens with one attached hydrogen (secondary N) is 1. The molecule has 0 aliphatic heterocycles. The molecular formula is C9H20N2OS. The molecule has 4 heteroatoms. The van der Waals surface area contributed by atoms with Gasteiger partial charge in [-0.15, -0.1) is 11.8 Å². The van der Waals surface area contributed by atoms with E-state index in [-0.39, 0.29) is 16.7 Å². The minimum Gasteiger partial charge on any atom is -0.352 e. The number of hydrogen-bond acceptors (Lipinski definition) is 3. The molecule has 1 atom stereocenters. The van der Waals surface area contributed by atoms with E-state index in [1.165, 1.54) is 0 Å². The second-order valence-corrected chi connectivity index (χ2v) is 5.91. The summed E-state index contributed by atoms with van der Waals surface area (Å²) in [5.41, 5.74) is 5.38. The van der Waals surface area contributed by atoms with Gasteiger partial charge in [0.25, 0.3) is 0 Å². The van der Waals surface area contributed by atoms with Gasteiger partial charge in [-0.3, -0.25) is 4.79 Å². The minimum atomic E-state index is 0.0675. The molecule has 0 aromatic carbocycles. The quantitative estimate of drug-likeness (QED) is 0.718. The first-order valence-corrected chi connectivity index (χ1v) is 5.47. The number of hydrogen-bond donors (Lipinski definition) is 2. The highest BCUT2D eigenvalue weighted by Gasteiger charge is 2.13. The fourth-order valence-electron chi connectivity index (χ4n) is 0.657. The molecule has 0 heterocycles. The molecule has 3 N–H and O–H groups in total. The Bertz CT molecular complexity index is 165. The zero-order valence-corrected chi connectivity index (χ0v) is 9.70. The third-order valence-corrected chi connectivity index (χ3v) is 2.67. The molecule has 78 valence electrons. The summed E-state index contributed by atoms with van der Waals surface area (Å²) in [4.78, 5) is 11.3. The Kier molecular flexibility index (Phi) is 5.40. The Morgan fingerprint density at radius 2 is 2.08 bits per heavy atom. The fraction of sp³-hybridized carbons (Fsp3) is 0.889. The van der Waals surface area contributed by atoms with Crippen molar-refractivity contribution in [1.82, 2.24) is 5.32 Å². The summed E-state index contributed by atoms with van der Waals surface area (Å²) < 4.78 is 0.142. The van der Waals surface area contributed by atoms with Crippen LogP contribution in [0, 0.1) is 0 Å². The van der Waals surface area contributed by atoms with Gasteiger partial charge in [0, 0.05) is 17.3 Å². The van der Waals surface area contributed by atoms with Gasteiger partial charge >= 0.3 is 0 Å². The third kappa shape index (κ3) is 8.12. The van der Waals surface area contributed by atoms with Crippen molar-refractivity contribution in [3.8, 4) is 0 Å². The van der Waals surface area contributed by atoms with E-state index in [4.69, 9.17) is 5.73 Å². The van der Waals surface area contributed by atoms with Crippen LogP contribution in [0.4, 0.5) is 0 Å². The number of thioether (sulfide) groups is 1. The van der Waals surface area contributed by atoms with Crippen LogP contribution in [0.5, 0.6) is 0 Å². The lowest BCUT2D eigenvalue weighted by molar-refractivity contribution is -0.119. The van der Waals surface area contributed by atoms with Crippen molar-refractivity contribution in [2.45, 2.75) is 38.5 Å². The van der Waals surface area contributed by atoms with Gasteiger partial charge in [-0.05, 0) is 6.92 Å². The van der Waals surface area contributed by atoms with Gasteiger partial charge in [0.05, 0.1) is 5.75 Å². The van der Waals surface area contributed by atoms with Gasteiger partial charge in [0.1, 0.15) is 0 Å². The maximum absolute atomic E-state index is 11.3. The Hall–Kier alpha value is -0.220. The second-order valence-electron chi connectivity index (χ2n) is 4.11. The molecule has 0 aromatic heterocycles. The molecule has 0 saturated carbocycles. The lowest BCUT2D eigenvalue weighted by atomic mass is 10.3. The van der Waals surface area contributed by atoms with Gasteiger partial charge in [-0.1, -0.05) is 20.8 Å². The number of amides is 1. The molecule has 0 saturated heterocycles. The molecule has 0 rings (SSSR count). The molecule has 0 bridgehead atoms. The smallest absolute Gasteiger partial charge is 0.230 e. The Morgan fingerprint density at radius 1 is 1.54 bits per heavy atom. The topological polar surface area (TPSA) is 55.1 Å². The second kappa shape index (κ2) is 5.50. The Labute approximate surface area is 84.8 Å². The first kappa shape index (κ1) is 12.8. The van der Waals surface area contributed by atoms with Crippen LogP contribution in [-0.4, -0.2) is 29.0 Å². The van der Waals surface area contributed by atoms with E-state index in [0.29, 0.717) is 12.3 Å². The molecule has 13 heavy (non-hydrogen) atoms. The predicted molar refractivity (Wildman–Crippen MR) is 58.9 cm³/mol. The van der Waals surface area contributed by atoms with Gasteiger partial charge in [0.15, 0.2) is 0 Å². The lowest BCUT2D eigenvalue weighted by Gasteiger charge is -2.18. The van der Waals surface area contributed by atoms with Crippen LogP contribution in [0.3, 0.4) is 0 Å². The van der Waals surface area contributed by atoms with Crippen LogP contribution in [0.15, 0.2) is 0 Å². The standard InChI is InChI=1S/C9H20N2OS/c1-7(5-10)11-8(12)6-13-9(2,3)4/h7H,5-6,10H2,1-4H3,(H,11,12)/t7-/m0/s1. The summed E-state index contributed by atoms with van der Waals surface area (Å²) in [6.45, 7) is 8.68. The number of rotatable bonds is 4. The van der Waals surface area contributed by atoms with Crippen LogP contribution < -0.4 is 11.1 Å². The fourth-order valence-corrected chi connectivity index (χ4v) is 1.30. The van der Waals surface area contributed by atoms with Gasteiger partial charge in [-0.25, -0.2) is 0 Å². The summed E-state index contributed by atoms with van der Waals surface area (Å²) in [6, 6.07) is 0.0769. The first-order chi connectivity index (χ1) is 5.85. The van der Waals surface area contributed by atoms with E-state index in [9.17, 15) is 4.79 Å². The van der Waals surface area contributed by atoms with E-state index in [1.54, 1.807) is 11.8 Å². The molecule has 0 aromatic rings. The zero-order chi connectivity index (χ0) is 10.5. The van der Waals surface area contributed by atoms with Crippen LogP contribution >= 0.6 is 11.8 Å². The molecule has 0 spiro atoms. The highest BCUT2D eigenvalue weighted by atomic mass is 32.2. The van der Waals surface area contributed by atoms with E-state index in [0.717, 1.165) is 0 Å². The molecular weight excluding hydrogens is 184 g/mol. The van der Waals surface area contributed by atoms with Crippen molar-refractivity contribution < 1.29 is 4.79 Å². The molecule has 0 aliphatic carbocycles. The maximum atomic E-state index is 11.3. The summed E-state index contributed by atoms with van der Waals surface area (Å²) in [6.07, 6.45) is 0. The molecule has 3 nitrogen and oxygen atoms in total. The van der Waals surface area contributed by atoms with E-state index >= 15 is 0 Å². The van der Waals surface area contributed by atoms with Crippen molar-refractivity contribution in [2.24, 2.45) is 5.73 Å². The molecule has 0 fully saturated rings. The van der Waals surface area contributed by atoms with Crippen LogP contribution in [-0.2, 0) is 4.79 Å². The maximum Gasteiger partial charge on any atom is 0.230 e. The van der Waals surface area contributed by atoms with Crippen molar-refractivity contribution >= 4 is 17.7 Å². The van der Waals surface area contributed by atoms with Crippen molar-refractivity contribution in [3.63, 3.8) is 0 Å². The molecule has 0 unspecified atom stereocenters. The Morgan fingerprint density at radius 3 is 2.46 bits per heavy atom. The average molecular weight is 204 g/mol. The molecule has 0 aliphatic rings. The van der Waals surface area contributed by atoms with Gasteiger partial charge in [-0.2, -0.15) is 0 Å². The van der Waals surface area contributed by atoms with Crippen LogP contribution in [0.1, 0.15) is 27.7 Å². The van der Waals surface area contributed by atoms with Crippen molar-refractivity contribution in [1.29, 1.82) is 0 Å². The summed E-state index contributed by atoms with van der Waals surface area (Å²) in [5.74, 6) is 0.575. The lowest BCUT2D eigenvalue weighted by Crippen LogP contribution is -2.39. The first-order valence-electron chi connectivity index (χ1n) is 4.48. The van der Waals surface area contributed by atoms with Crippen LogP contribution in [0.2, 0.25) is 0 Å². The van der Waals surface area contributed by atoms with Crippen LogP contribution in [0.25, 0.3) is 0 Å². The molecule has 1 amide bonds. The third-order valence-electron chi connectivity index (χ3n) is 1.40. The molecule has 0 radical (unpaired) electrons. The zero-order valence-electron chi connectivity index (χ0n) is 8.89. The predicted octanol–water partition coefficient (Wildman–Crippen LogP) is 0.981. The highest BCUT2D eigenvalue weighted by Crippen LogP contribution is 2.22. The summed E-state index contributed by atoms with van der Waals surface area (Å²) in [5, 5.41) is 2.82. The van der Waals surface area contributed by atoms with E-state index in [1.807, 2.05) is 6.92 Å². The Balaban J connectivity index is 3.64. The van der Waals surface area contributed by atoms with E-state index in [2.05, 4.69) is 26.1 Å². The SMILES string of the molecule is C[C@@H](CN)NC(=O)CSC(C)(C)C. The number of nitrogens with two attached hydrogens (primary N) is 1. The van der Waals surface area contributed by atoms with E-state index < -0.39 is 0 Å². The average Bonchev–Trinajstić information content (AvgIpc) is 1.99. The monoisotopic (exact) mass is 204 g/mol. The number of carbonyl (C=O) groups excluding carboxylic acids is 1. The van der Waals surface area contributed by atoms with Gasteiger partial charge in [0.2, 0.25) is 5.91 Å². The van der Waals surface area contributed by atoms with Crippen molar-refractivity contribution in [2.75, 3.05) is 12.3 Å². The highest BCUT2D eigenvalue weighted by molar-refractivity contribution is 8.01. The minimum absolute atomic E-state index is 0.0675. The normalized spacial score (nSPS) is 13.9. The summed E-state index contributed by atoms with van der Waals surface area (Å²) in [7, 11) is 0.